The largest absolute Gasteiger partial charge is 0.368 e. The molecule has 0 saturated carbocycles. The van der Waals surface area contributed by atoms with E-state index in [1.54, 1.807) is 23.1 Å². The SMILES string of the molecule is O=C(Cn1cnc(-c2ccccc2F)cc1=O)N1CCN(c2cccc(Cl)c2)CC1. The van der Waals surface area contributed by atoms with Gasteiger partial charge in [-0.2, -0.15) is 0 Å². The second-order valence-electron chi connectivity index (χ2n) is 7.07. The summed E-state index contributed by atoms with van der Waals surface area (Å²) < 4.78 is 15.2. The molecule has 1 fully saturated rings. The van der Waals surface area contributed by atoms with E-state index >= 15 is 0 Å². The lowest BCUT2D eigenvalue weighted by Gasteiger charge is -2.36. The van der Waals surface area contributed by atoms with Crippen molar-refractivity contribution in [1.82, 2.24) is 14.5 Å². The van der Waals surface area contributed by atoms with E-state index in [9.17, 15) is 14.0 Å². The molecule has 2 heterocycles. The fourth-order valence-corrected chi connectivity index (χ4v) is 3.68. The second-order valence-corrected chi connectivity index (χ2v) is 7.50. The Morgan fingerprint density at radius 3 is 2.50 bits per heavy atom. The topological polar surface area (TPSA) is 58.4 Å². The Balaban J connectivity index is 1.40. The Morgan fingerprint density at radius 2 is 1.80 bits per heavy atom. The number of amides is 1. The van der Waals surface area contributed by atoms with E-state index in [4.69, 9.17) is 11.6 Å². The van der Waals surface area contributed by atoms with Crippen molar-refractivity contribution in [3.8, 4) is 11.3 Å². The van der Waals surface area contributed by atoms with Crippen LogP contribution in [0.4, 0.5) is 10.1 Å². The quantitative estimate of drug-likeness (QED) is 0.643. The minimum absolute atomic E-state index is 0.0967. The van der Waals surface area contributed by atoms with E-state index in [1.165, 1.54) is 23.0 Å². The van der Waals surface area contributed by atoms with E-state index < -0.39 is 11.4 Å². The van der Waals surface area contributed by atoms with E-state index in [1.807, 2.05) is 24.3 Å². The molecule has 0 radical (unpaired) electrons. The van der Waals surface area contributed by atoms with Crippen LogP contribution in [0.1, 0.15) is 0 Å². The van der Waals surface area contributed by atoms with Gasteiger partial charge in [-0.3, -0.25) is 14.2 Å². The molecule has 1 saturated heterocycles. The summed E-state index contributed by atoms with van der Waals surface area (Å²) in [5.74, 6) is -0.598. The molecule has 0 aliphatic carbocycles. The fourth-order valence-electron chi connectivity index (χ4n) is 3.49. The smallest absolute Gasteiger partial charge is 0.254 e. The van der Waals surface area contributed by atoms with Gasteiger partial charge >= 0.3 is 0 Å². The predicted molar refractivity (Wildman–Crippen MR) is 114 cm³/mol. The maximum absolute atomic E-state index is 13.9. The second kappa shape index (κ2) is 8.67. The van der Waals surface area contributed by atoms with Crippen molar-refractivity contribution >= 4 is 23.2 Å². The van der Waals surface area contributed by atoms with Crippen LogP contribution in [-0.2, 0) is 11.3 Å². The maximum Gasteiger partial charge on any atom is 0.254 e. The number of carbonyl (C=O) groups is 1. The average molecular weight is 427 g/mol. The summed E-state index contributed by atoms with van der Waals surface area (Å²) in [6, 6.07) is 15.0. The first-order valence-corrected chi connectivity index (χ1v) is 9.99. The number of carbonyl (C=O) groups excluding carboxylic acids is 1. The summed E-state index contributed by atoms with van der Waals surface area (Å²) in [4.78, 5) is 33.2. The Hall–Kier alpha value is -3.19. The van der Waals surface area contributed by atoms with Crippen LogP contribution in [0.3, 0.4) is 0 Å². The molecule has 1 aromatic heterocycles. The van der Waals surface area contributed by atoms with Crippen LogP contribution in [0.5, 0.6) is 0 Å². The van der Waals surface area contributed by atoms with Crippen LogP contribution in [0, 0.1) is 5.82 Å². The third-order valence-electron chi connectivity index (χ3n) is 5.14. The number of benzene rings is 2. The van der Waals surface area contributed by atoms with Gasteiger partial charge in [0.05, 0.1) is 12.0 Å². The normalized spacial score (nSPS) is 14.1. The standard InChI is InChI=1S/C22H20ClFN4O2/c23-16-4-3-5-17(12-16)26-8-10-27(11-9-26)22(30)14-28-15-25-20(13-21(28)29)18-6-1-2-7-19(18)24/h1-7,12-13,15H,8-11,14H2. The van der Waals surface area contributed by atoms with Gasteiger partial charge in [-0.1, -0.05) is 29.8 Å². The fraction of sp³-hybridized carbons (Fsp3) is 0.227. The van der Waals surface area contributed by atoms with Crippen molar-refractivity contribution in [3.05, 3.63) is 82.1 Å². The van der Waals surface area contributed by atoms with Gasteiger partial charge in [0, 0.05) is 48.5 Å². The highest BCUT2D eigenvalue weighted by atomic mass is 35.5. The molecular formula is C22H20ClFN4O2. The minimum Gasteiger partial charge on any atom is -0.368 e. The van der Waals surface area contributed by atoms with Crippen LogP contribution in [0.25, 0.3) is 11.3 Å². The van der Waals surface area contributed by atoms with Gasteiger partial charge in [0.2, 0.25) is 5.91 Å². The molecule has 0 N–H and O–H groups in total. The van der Waals surface area contributed by atoms with Crippen LogP contribution >= 0.6 is 11.6 Å². The summed E-state index contributed by atoms with van der Waals surface area (Å²) in [5.41, 5.74) is 1.13. The lowest BCUT2D eigenvalue weighted by molar-refractivity contribution is -0.132. The molecule has 4 rings (SSSR count). The highest BCUT2D eigenvalue weighted by Crippen LogP contribution is 2.21. The maximum atomic E-state index is 13.9. The van der Waals surface area contributed by atoms with E-state index in [0.717, 1.165) is 5.69 Å². The van der Waals surface area contributed by atoms with E-state index in [0.29, 0.717) is 31.2 Å². The van der Waals surface area contributed by atoms with Gasteiger partial charge in [0.25, 0.3) is 5.56 Å². The third kappa shape index (κ3) is 4.36. The van der Waals surface area contributed by atoms with Gasteiger partial charge in [0.15, 0.2) is 0 Å². The van der Waals surface area contributed by atoms with Crippen molar-refractivity contribution in [3.63, 3.8) is 0 Å². The Labute approximate surface area is 178 Å². The molecular weight excluding hydrogens is 407 g/mol. The molecule has 0 spiro atoms. The molecule has 0 bridgehead atoms. The molecule has 2 aromatic carbocycles. The molecule has 0 atom stereocenters. The lowest BCUT2D eigenvalue weighted by atomic mass is 10.1. The highest BCUT2D eigenvalue weighted by Gasteiger charge is 2.22. The van der Waals surface area contributed by atoms with E-state index in [-0.39, 0.29) is 23.7 Å². The number of hydrogen-bond donors (Lipinski definition) is 0. The third-order valence-corrected chi connectivity index (χ3v) is 5.38. The highest BCUT2D eigenvalue weighted by molar-refractivity contribution is 6.30. The first-order chi connectivity index (χ1) is 14.5. The van der Waals surface area contributed by atoms with Gasteiger partial charge in [-0.05, 0) is 30.3 Å². The molecule has 8 heteroatoms. The number of halogens is 2. The van der Waals surface area contributed by atoms with Gasteiger partial charge in [0.1, 0.15) is 12.4 Å². The Kier molecular flexibility index (Phi) is 5.81. The van der Waals surface area contributed by atoms with Gasteiger partial charge in [-0.25, -0.2) is 9.37 Å². The average Bonchev–Trinajstić information content (AvgIpc) is 2.75. The minimum atomic E-state index is -0.448. The number of hydrogen-bond acceptors (Lipinski definition) is 4. The molecule has 1 aliphatic rings. The summed E-state index contributed by atoms with van der Waals surface area (Å²) in [6.07, 6.45) is 1.30. The summed E-state index contributed by atoms with van der Waals surface area (Å²) in [5, 5.41) is 0.678. The van der Waals surface area contributed by atoms with Crippen LogP contribution in [0.15, 0.2) is 65.7 Å². The molecule has 154 valence electrons. The zero-order valence-corrected chi connectivity index (χ0v) is 16.9. The van der Waals surface area contributed by atoms with Crippen molar-refractivity contribution in [2.75, 3.05) is 31.1 Å². The van der Waals surface area contributed by atoms with Crippen LogP contribution < -0.4 is 10.5 Å². The first kappa shape index (κ1) is 20.1. The summed E-state index contributed by atoms with van der Waals surface area (Å²) in [7, 11) is 0. The summed E-state index contributed by atoms with van der Waals surface area (Å²) >= 11 is 6.06. The molecule has 1 aliphatic heterocycles. The number of aromatic nitrogens is 2. The van der Waals surface area contributed by atoms with Crippen LogP contribution in [0.2, 0.25) is 5.02 Å². The molecule has 30 heavy (non-hydrogen) atoms. The van der Waals surface area contributed by atoms with Gasteiger partial charge < -0.3 is 9.80 Å². The molecule has 3 aromatic rings. The number of piperazine rings is 1. The Morgan fingerprint density at radius 1 is 1.03 bits per heavy atom. The van der Waals surface area contributed by atoms with Crippen LogP contribution in [-0.4, -0.2) is 46.5 Å². The van der Waals surface area contributed by atoms with Gasteiger partial charge in [-0.15, -0.1) is 0 Å². The zero-order chi connectivity index (χ0) is 21.1. The molecule has 0 unspecified atom stereocenters. The van der Waals surface area contributed by atoms with Crippen molar-refractivity contribution in [1.29, 1.82) is 0 Å². The Bertz CT molecular complexity index is 1130. The molecule has 6 nitrogen and oxygen atoms in total. The van der Waals surface area contributed by atoms with E-state index in [2.05, 4.69) is 9.88 Å². The lowest BCUT2D eigenvalue weighted by Crippen LogP contribution is -2.50. The molecule has 1 amide bonds. The monoisotopic (exact) mass is 426 g/mol. The zero-order valence-electron chi connectivity index (χ0n) is 16.2. The number of nitrogens with zero attached hydrogens (tertiary/aromatic N) is 4. The predicted octanol–water partition coefficient (Wildman–Crippen LogP) is 3.05. The van der Waals surface area contributed by atoms with Crippen molar-refractivity contribution < 1.29 is 9.18 Å². The summed E-state index contributed by atoms with van der Waals surface area (Å²) in [6.45, 7) is 2.39. The van der Waals surface area contributed by atoms with Crippen molar-refractivity contribution in [2.24, 2.45) is 0 Å². The van der Waals surface area contributed by atoms with Crippen molar-refractivity contribution in [2.45, 2.75) is 6.54 Å². The first-order valence-electron chi connectivity index (χ1n) is 9.61. The number of anilines is 1. The number of rotatable bonds is 4.